The van der Waals surface area contributed by atoms with Crippen LogP contribution < -0.4 is 20.3 Å². The number of hydrogen-bond donors (Lipinski definition) is 2. The van der Waals surface area contributed by atoms with Crippen LogP contribution in [0.5, 0.6) is 11.5 Å². The number of ether oxygens (including phenoxy) is 2. The highest BCUT2D eigenvalue weighted by Crippen LogP contribution is 2.28. The number of allylic oxidation sites excluding steroid dienone is 4. The van der Waals surface area contributed by atoms with Gasteiger partial charge >= 0.3 is 0 Å². The molecule has 0 saturated heterocycles. The second kappa shape index (κ2) is 14.0. The van der Waals surface area contributed by atoms with Crippen LogP contribution >= 0.6 is 0 Å². The molecule has 0 fully saturated rings. The lowest BCUT2D eigenvalue weighted by atomic mass is 9.96. The summed E-state index contributed by atoms with van der Waals surface area (Å²) >= 11 is 0. The highest BCUT2D eigenvalue weighted by molar-refractivity contribution is 5.87. The molecule has 4 heteroatoms. The summed E-state index contributed by atoms with van der Waals surface area (Å²) in [5.74, 6) is 1.71. The molecule has 0 amide bonds. The van der Waals surface area contributed by atoms with E-state index < -0.39 is 0 Å². The highest BCUT2D eigenvalue weighted by atomic mass is 16.5. The van der Waals surface area contributed by atoms with Crippen molar-refractivity contribution in [1.29, 1.82) is 0 Å². The summed E-state index contributed by atoms with van der Waals surface area (Å²) in [4.78, 5) is 0. The maximum atomic E-state index is 6.06. The number of rotatable bonds is 11. The minimum absolute atomic E-state index is 0.474. The standard InChI is InChI=1S/C40H34N2O2/c1-30(23-24-31-13-8-9-14-34(31)28-43-37-18-4-2-5-19-37)32-16-12-17-33(25-32)36-26-40(42-41-27-36)39-22-11-10-15-35(39)29-44-38-20-6-3-7-21-38/h2-27,41-42H,1,28-29H2/b24-23+. The van der Waals surface area contributed by atoms with Crippen LogP contribution in [0.2, 0.25) is 0 Å². The van der Waals surface area contributed by atoms with E-state index in [0.29, 0.717) is 13.2 Å². The fraction of sp³-hybridized carbons (Fsp3) is 0.0500. The van der Waals surface area contributed by atoms with Crippen LogP contribution in [-0.4, -0.2) is 0 Å². The predicted molar refractivity (Wildman–Crippen MR) is 181 cm³/mol. The van der Waals surface area contributed by atoms with Crippen LogP contribution in [0.25, 0.3) is 22.9 Å². The van der Waals surface area contributed by atoms with E-state index in [1.165, 1.54) is 0 Å². The van der Waals surface area contributed by atoms with E-state index in [9.17, 15) is 0 Å². The molecule has 0 spiro atoms. The Morgan fingerprint density at radius 1 is 0.659 bits per heavy atom. The van der Waals surface area contributed by atoms with Gasteiger partial charge < -0.3 is 20.3 Å². The summed E-state index contributed by atoms with van der Waals surface area (Å²) in [6.07, 6.45) is 8.32. The molecule has 5 aromatic carbocycles. The number of para-hydroxylation sites is 2. The van der Waals surface area contributed by atoms with Crippen molar-refractivity contribution in [3.8, 4) is 11.5 Å². The van der Waals surface area contributed by atoms with Crippen LogP contribution in [0.4, 0.5) is 0 Å². The molecule has 6 rings (SSSR count). The second-order valence-corrected chi connectivity index (χ2v) is 10.4. The maximum absolute atomic E-state index is 6.06. The van der Waals surface area contributed by atoms with Gasteiger partial charge in [-0.15, -0.1) is 0 Å². The molecule has 2 N–H and O–H groups in total. The fourth-order valence-corrected chi connectivity index (χ4v) is 5.01. The number of hydrazine groups is 1. The molecule has 1 aliphatic rings. The van der Waals surface area contributed by atoms with Crippen LogP contribution in [-0.2, 0) is 13.2 Å². The van der Waals surface area contributed by atoms with Crippen LogP contribution in [0.15, 0.2) is 158 Å². The lowest BCUT2D eigenvalue weighted by Crippen LogP contribution is -2.28. The highest BCUT2D eigenvalue weighted by Gasteiger charge is 2.13. The summed E-state index contributed by atoms with van der Waals surface area (Å²) in [5.41, 5.74) is 16.1. The van der Waals surface area contributed by atoms with Crippen molar-refractivity contribution < 1.29 is 9.47 Å². The van der Waals surface area contributed by atoms with Crippen molar-refractivity contribution in [3.05, 3.63) is 192 Å². The van der Waals surface area contributed by atoms with Gasteiger partial charge in [0.2, 0.25) is 0 Å². The Kier molecular flexibility index (Phi) is 9.00. The second-order valence-electron chi connectivity index (χ2n) is 10.4. The van der Waals surface area contributed by atoms with Gasteiger partial charge in [0.25, 0.3) is 0 Å². The van der Waals surface area contributed by atoms with Gasteiger partial charge in [0.15, 0.2) is 0 Å². The number of nitrogens with one attached hydrogen (secondary N) is 2. The molecule has 1 aliphatic heterocycles. The first-order valence-corrected chi connectivity index (χ1v) is 14.7. The van der Waals surface area contributed by atoms with E-state index in [-0.39, 0.29) is 0 Å². The maximum Gasteiger partial charge on any atom is 0.119 e. The number of benzene rings is 5. The molecule has 216 valence electrons. The summed E-state index contributed by atoms with van der Waals surface area (Å²) in [6, 6.07) is 44.8. The van der Waals surface area contributed by atoms with E-state index in [0.717, 1.165) is 61.7 Å². The first-order valence-electron chi connectivity index (χ1n) is 14.7. The zero-order valence-corrected chi connectivity index (χ0v) is 24.4. The van der Waals surface area contributed by atoms with E-state index in [1.54, 1.807) is 0 Å². The Morgan fingerprint density at radius 2 is 1.30 bits per heavy atom. The van der Waals surface area contributed by atoms with Gasteiger partial charge in [-0.2, -0.15) is 0 Å². The monoisotopic (exact) mass is 574 g/mol. The van der Waals surface area contributed by atoms with Crippen molar-refractivity contribution in [1.82, 2.24) is 10.9 Å². The molecule has 5 aromatic rings. The summed E-state index contributed by atoms with van der Waals surface area (Å²) in [5, 5.41) is 0. The third-order valence-electron chi connectivity index (χ3n) is 7.40. The minimum atomic E-state index is 0.474. The zero-order valence-electron chi connectivity index (χ0n) is 24.4. The molecular weight excluding hydrogens is 540 g/mol. The van der Waals surface area contributed by atoms with Gasteiger partial charge in [0.05, 0.1) is 5.70 Å². The van der Waals surface area contributed by atoms with Gasteiger partial charge in [-0.3, -0.25) is 0 Å². The zero-order chi connectivity index (χ0) is 30.0. The summed E-state index contributed by atoms with van der Waals surface area (Å²) < 4.78 is 12.1. The normalized spacial score (nSPS) is 12.5. The van der Waals surface area contributed by atoms with Crippen LogP contribution in [0.3, 0.4) is 0 Å². The van der Waals surface area contributed by atoms with Gasteiger partial charge in [0.1, 0.15) is 24.7 Å². The van der Waals surface area contributed by atoms with Crippen molar-refractivity contribution in [2.45, 2.75) is 13.2 Å². The van der Waals surface area contributed by atoms with Crippen molar-refractivity contribution in [2.24, 2.45) is 0 Å². The molecule has 44 heavy (non-hydrogen) atoms. The fourth-order valence-electron chi connectivity index (χ4n) is 5.01. The Labute approximate surface area is 259 Å². The lowest BCUT2D eigenvalue weighted by molar-refractivity contribution is 0.306. The Balaban J connectivity index is 1.17. The first-order chi connectivity index (χ1) is 21.7. The predicted octanol–water partition coefficient (Wildman–Crippen LogP) is 9.06. The van der Waals surface area contributed by atoms with E-state index in [4.69, 9.17) is 9.47 Å². The molecule has 0 saturated carbocycles. The lowest BCUT2D eigenvalue weighted by Gasteiger charge is -2.21. The average molecular weight is 575 g/mol. The smallest absolute Gasteiger partial charge is 0.119 e. The third kappa shape index (κ3) is 7.18. The molecule has 0 aliphatic carbocycles. The van der Waals surface area contributed by atoms with Gasteiger partial charge in [-0.25, -0.2) is 0 Å². The molecule has 4 nitrogen and oxygen atoms in total. The Bertz CT molecular complexity index is 1820. The largest absolute Gasteiger partial charge is 0.489 e. The van der Waals surface area contributed by atoms with E-state index in [1.807, 2.05) is 91.1 Å². The van der Waals surface area contributed by atoms with Gasteiger partial charge in [0, 0.05) is 17.3 Å². The minimum Gasteiger partial charge on any atom is -0.489 e. The SMILES string of the molecule is C=C(/C=C/c1ccccc1COc1ccccc1)c1cccc(C2=CNNC(c3ccccc3COc3ccccc3)=C2)c1. The molecule has 0 atom stereocenters. The van der Waals surface area contributed by atoms with Crippen LogP contribution in [0, 0.1) is 0 Å². The molecule has 1 heterocycles. The van der Waals surface area contributed by atoms with Crippen molar-refractivity contribution in [2.75, 3.05) is 0 Å². The summed E-state index contributed by atoms with van der Waals surface area (Å²) in [7, 11) is 0. The molecule has 0 bridgehead atoms. The van der Waals surface area contributed by atoms with Gasteiger partial charge in [-0.05, 0) is 69.8 Å². The van der Waals surface area contributed by atoms with Crippen molar-refractivity contribution in [3.63, 3.8) is 0 Å². The quantitative estimate of drug-likeness (QED) is 0.155. The third-order valence-corrected chi connectivity index (χ3v) is 7.40. The van der Waals surface area contributed by atoms with Crippen molar-refractivity contribution >= 4 is 22.9 Å². The average Bonchev–Trinajstić information content (AvgIpc) is 3.10. The number of hydrogen-bond acceptors (Lipinski definition) is 4. The topological polar surface area (TPSA) is 42.5 Å². The molecular formula is C40H34N2O2. The Morgan fingerprint density at radius 3 is 2.05 bits per heavy atom. The van der Waals surface area contributed by atoms with E-state index >= 15 is 0 Å². The van der Waals surface area contributed by atoms with Gasteiger partial charge in [-0.1, -0.05) is 122 Å². The Hall–Kier alpha value is -5.74. The van der Waals surface area contributed by atoms with Crippen LogP contribution in [0.1, 0.15) is 33.4 Å². The molecule has 0 radical (unpaired) electrons. The first kappa shape index (κ1) is 28.4. The summed E-state index contributed by atoms with van der Waals surface area (Å²) in [6.45, 7) is 5.35. The molecule has 0 aromatic heterocycles. The molecule has 0 unspecified atom stereocenters. The van der Waals surface area contributed by atoms with E-state index in [2.05, 4.69) is 84.2 Å².